The van der Waals surface area contributed by atoms with Crippen molar-refractivity contribution in [1.82, 2.24) is 19.8 Å². The van der Waals surface area contributed by atoms with Gasteiger partial charge in [0.1, 0.15) is 6.33 Å². The standard InChI is InChI=1S/C26H33N5O3/c1-18-13-20(6-5-19(18)14-25(27)32)26-21-15-23(33-3)24(16-22(21)28-17-29-26)34-12-4-7-31-10-8-30(2)9-11-31/h5-6,13,15-17H,4,7-12,14H2,1-3H3,(H2,27,32). The molecule has 2 N–H and O–H groups in total. The van der Waals surface area contributed by atoms with Crippen LogP contribution in [0.25, 0.3) is 22.2 Å². The Hall–Kier alpha value is -3.23. The molecule has 1 aliphatic heterocycles. The van der Waals surface area contributed by atoms with E-state index >= 15 is 0 Å². The highest BCUT2D eigenvalue weighted by Crippen LogP contribution is 2.35. The number of aryl methyl sites for hydroxylation is 1. The van der Waals surface area contributed by atoms with Gasteiger partial charge in [-0.25, -0.2) is 9.97 Å². The van der Waals surface area contributed by atoms with Gasteiger partial charge in [-0.3, -0.25) is 4.79 Å². The van der Waals surface area contributed by atoms with Crippen LogP contribution in [0.2, 0.25) is 0 Å². The van der Waals surface area contributed by atoms with Crippen molar-refractivity contribution in [3.63, 3.8) is 0 Å². The average Bonchev–Trinajstić information content (AvgIpc) is 2.83. The van der Waals surface area contributed by atoms with E-state index in [0.717, 1.165) is 72.4 Å². The lowest BCUT2D eigenvalue weighted by molar-refractivity contribution is -0.117. The van der Waals surface area contributed by atoms with E-state index in [0.29, 0.717) is 18.1 Å². The lowest BCUT2D eigenvalue weighted by Gasteiger charge is -2.32. The van der Waals surface area contributed by atoms with E-state index in [1.165, 1.54) is 0 Å². The van der Waals surface area contributed by atoms with Crippen molar-refractivity contribution < 1.29 is 14.3 Å². The Labute approximate surface area is 200 Å². The minimum absolute atomic E-state index is 0.222. The van der Waals surface area contributed by atoms with Crippen molar-refractivity contribution in [2.45, 2.75) is 19.8 Å². The van der Waals surface area contributed by atoms with Crippen LogP contribution in [-0.2, 0) is 11.2 Å². The number of primary amides is 1. The van der Waals surface area contributed by atoms with Gasteiger partial charge in [0.05, 0.1) is 31.3 Å². The van der Waals surface area contributed by atoms with Crippen molar-refractivity contribution in [3.8, 4) is 22.8 Å². The topological polar surface area (TPSA) is 93.8 Å². The van der Waals surface area contributed by atoms with E-state index in [2.05, 4.69) is 26.8 Å². The maximum absolute atomic E-state index is 11.3. The third-order valence-electron chi connectivity index (χ3n) is 6.37. The molecule has 0 spiro atoms. The quantitative estimate of drug-likeness (QED) is 0.488. The first-order chi connectivity index (χ1) is 16.4. The molecule has 1 saturated heterocycles. The lowest BCUT2D eigenvalue weighted by atomic mass is 9.99. The van der Waals surface area contributed by atoms with Crippen molar-refractivity contribution in [3.05, 3.63) is 47.8 Å². The molecular weight excluding hydrogens is 430 g/mol. The van der Waals surface area contributed by atoms with Crippen molar-refractivity contribution in [2.24, 2.45) is 5.73 Å². The van der Waals surface area contributed by atoms with Crippen LogP contribution < -0.4 is 15.2 Å². The van der Waals surface area contributed by atoms with E-state index in [9.17, 15) is 4.79 Å². The van der Waals surface area contributed by atoms with E-state index in [4.69, 9.17) is 15.2 Å². The number of hydrogen-bond acceptors (Lipinski definition) is 7. The Morgan fingerprint density at radius 3 is 2.59 bits per heavy atom. The Morgan fingerprint density at radius 1 is 1.09 bits per heavy atom. The van der Waals surface area contributed by atoms with Gasteiger partial charge in [0.25, 0.3) is 0 Å². The summed E-state index contributed by atoms with van der Waals surface area (Å²) in [5.74, 6) is 1.00. The van der Waals surface area contributed by atoms with Gasteiger partial charge in [0.15, 0.2) is 11.5 Å². The van der Waals surface area contributed by atoms with Gasteiger partial charge in [-0.05, 0) is 43.7 Å². The predicted molar refractivity (Wildman–Crippen MR) is 133 cm³/mol. The SMILES string of the molecule is COc1cc2c(-c3ccc(CC(N)=O)c(C)c3)ncnc2cc1OCCCN1CCN(C)CC1. The number of nitrogens with zero attached hydrogens (tertiary/aromatic N) is 4. The zero-order valence-corrected chi connectivity index (χ0v) is 20.2. The summed E-state index contributed by atoms with van der Waals surface area (Å²) >= 11 is 0. The molecule has 1 aromatic heterocycles. The van der Waals surface area contributed by atoms with E-state index < -0.39 is 0 Å². The van der Waals surface area contributed by atoms with Gasteiger partial charge in [-0.2, -0.15) is 0 Å². The first-order valence-electron chi connectivity index (χ1n) is 11.7. The molecule has 180 valence electrons. The number of methoxy groups -OCH3 is 1. The summed E-state index contributed by atoms with van der Waals surface area (Å²) < 4.78 is 11.7. The number of piperazine rings is 1. The van der Waals surface area contributed by atoms with Crippen LogP contribution in [0.1, 0.15) is 17.5 Å². The summed E-state index contributed by atoms with van der Waals surface area (Å²) in [5.41, 5.74) is 9.81. The molecular formula is C26H33N5O3. The molecule has 4 rings (SSSR count). The van der Waals surface area contributed by atoms with Gasteiger partial charge in [0.2, 0.25) is 5.91 Å². The third kappa shape index (κ3) is 5.63. The van der Waals surface area contributed by atoms with Crippen LogP contribution in [0.5, 0.6) is 11.5 Å². The largest absolute Gasteiger partial charge is 0.493 e. The van der Waals surface area contributed by atoms with Crippen molar-refractivity contribution in [2.75, 3.05) is 53.5 Å². The maximum Gasteiger partial charge on any atom is 0.221 e. The summed E-state index contributed by atoms with van der Waals surface area (Å²) in [6.07, 6.45) is 2.74. The van der Waals surface area contributed by atoms with Gasteiger partial charge >= 0.3 is 0 Å². The Balaban J connectivity index is 1.51. The molecule has 0 unspecified atom stereocenters. The van der Waals surface area contributed by atoms with E-state index in [1.54, 1.807) is 13.4 Å². The Morgan fingerprint density at radius 2 is 1.88 bits per heavy atom. The fourth-order valence-corrected chi connectivity index (χ4v) is 4.34. The molecule has 0 aliphatic carbocycles. The summed E-state index contributed by atoms with van der Waals surface area (Å²) in [6, 6.07) is 9.77. The summed E-state index contributed by atoms with van der Waals surface area (Å²) in [5, 5.41) is 0.881. The number of fused-ring (bicyclic) bond motifs is 1. The molecule has 1 fully saturated rings. The molecule has 0 saturated carbocycles. The second kappa shape index (κ2) is 10.8. The molecule has 1 amide bonds. The first-order valence-corrected chi connectivity index (χ1v) is 11.7. The number of likely N-dealkylation sites (N-methyl/N-ethyl adjacent to an activating group) is 1. The summed E-state index contributed by atoms with van der Waals surface area (Å²) in [4.78, 5) is 25.2. The molecule has 34 heavy (non-hydrogen) atoms. The van der Waals surface area contributed by atoms with Crippen LogP contribution in [0, 0.1) is 6.92 Å². The molecule has 2 aromatic carbocycles. The number of benzene rings is 2. The fourth-order valence-electron chi connectivity index (χ4n) is 4.34. The number of nitrogens with two attached hydrogens (primary N) is 1. The van der Waals surface area contributed by atoms with E-state index in [-0.39, 0.29) is 12.3 Å². The maximum atomic E-state index is 11.3. The number of hydrogen-bond donors (Lipinski definition) is 1. The van der Waals surface area contributed by atoms with Crippen molar-refractivity contribution >= 4 is 16.8 Å². The molecule has 0 bridgehead atoms. The smallest absolute Gasteiger partial charge is 0.221 e. The molecule has 2 heterocycles. The molecule has 3 aromatic rings. The van der Waals surface area contributed by atoms with Crippen LogP contribution in [0.15, 0.2) is 36.7 Å². The number of amides is 1. The molecule has 0 radical (unpaired) electrons. The summed E-state index contributed by atoms with van der Waals surface area (Å²) in [6.45, 7) is 8.08. The zero-order chi connectivity index (χ0) is 24.1. The highest BCUT2D eigenvalue weighted by Gasteiger charge is 2.15. The monoisotopic (exact) mass is 463 g/mol. The second-order valence-electron chi connectivity index (χ2n) is 8.87. The van der Waals surface area contributed by atoms with E-state index in [1.807, 2.05) is 37.3 Å². The average molecular weight is 464 g/mol. The minimum Gasteiger partial charge on any atom is -0.493 e. The fraction of sp³-hybridized carbons (Fsp3) is 0.423. The van der Waals surface area contributed by atoms with Gasteiger partial charge < -0.3 is 25.0 Å². The van der Waals surface area contributed by atoms with Gasteiger partial charge in [0, 0.05) is 49.7 Å². The number of carbonyl (C=O) groups excluding carboxylic acids is 1. The molecule has 8 heteroatoms. The second-order valence-corrected chi connectivity index (χ2v) is 8.87. The molecule has 8 nitrogen and oxygen atoms in total. The van der Waals surface area contributed by atoms with Gasteiger partial charge in [-0.15, -0.1) is 0 Å². The molecule has 1 aliphatic rings. The van der Waals surface area contributed by atoms with Crippen LogP contribution in [0.4, 0.5) is 0 Å². The highest BCUT2D eigenvalue weighted by molar-refractivity contribution is 5.94. The number of carbonyl (C=O) groups is 1. The normalized spacial score (nSPS) is 14.9. The third-order valence-corrected chi connectivity index (χ3v) is 6.37. The molecule has 0 atom stereocenters. The minimum atomic E-state index is -0.343. The van der Waals surface area contributed by atoms with Crippen LogP contribution >= 0.6 is 0 Å². The number of rotatable bonds is 9. The first kappa shape index (κ1) is 23.9. The van der Waals surface area contributed by atoms with Gasteiger partial charge in [-0.1, -0.05) is 12.1 Å². The Bertz CT molecular complexity index is 1160. The van der Waals surface area contributed by atoms with Crippen molar-refractivity contribution in [1.29, 1.82) is 0 Å². The number of aromatic nitrogens is 2. The highest BCUT2D eigenvalue weighted by atomic mass is 16.5. The predicted octanol–water partition coefficient (Wildman–Crippen LogP) is 2.66. The lowest BCUT2D eigenvalue weighted by Crippen LogP contribution is -2.44. The summed E-state index contributed by atoms with van der Waals surface area (Å²) in [7, 11) is 3.81. The van der Waals surface area contributed by atoms with Crippen LogP contribution in [0.3, 0.4) is 0 Å². The van der Waals surface area contributed by atoms with Crippen LogP contribution in [-0.4, -0.2) is 79.2 Å². The number of ether oxygens (including phenoxy) is 2. The Kier molecular flexibility index (Phi) is 7.59. The zero-order valence-electron chi connectivity index (χ0n) is 20.2.